The van der Waals surface area contributed by atoms with Gasteiger partial charge in [0.25, 0.3) is 0 Å². The highest BCUT2D eigenvalue weighted by Gasteiger charge is 2.25. The van der Waals surface area contributed by atoms with Gasteiger partial charge >= 0.3 is 0 Å². The summed E-state index contributed by atoms with van der Waals surface area (Å²) in [6, 6.07) is 4.79. The van der Waals surface area contributed by atoms with Gasteiger partial charge in [-0.2, -0.15) is 4.31 Å². The Bertz CT molecular complexity index is 502. The molecule has 0 atom stereocenters. The van der Waals surface area contributed by atoms with Gasteiger partial charge in [0.2, 0.25) is 10.0 Å². The minimum Gasteiger partial charge on any atom is -0.207 e. The molecule has 0 aliphatic rings. The molecule has 1 aromatic rings. The minimum atomic E-state index is -3.52. The van der Waals surface area contributed by atoms with E-state index in [1.165, 1.54) is 10.4 Å². The molecule has 0 fully saturated rings. The van der Waals surface area contributed by atoms with E-state index < -0.39 is 10.0 Å². The van der Waals surface area contributed by atoms with Gasteiger partial charge in [-0.05, 0) is 24.6 Å². The van der Waals surface area contributed by atoms with Gasteiger partial charge in [0.05, 0.1) is 5.02 Å². The van der Waals surface area contributed by atoms with Gasteiger partial charge in [-0.25, -0.2) is 8.42 Å². The topological polar surface area (TPSA) is 37.4 Å². The number of alkyl halides is 1. The van der Waals surface area contributed by atoms with Gasteiger partial charge < -0.3 is 0 Å². The molecule has 3 nitrogen and oxygen atoms in total. The number of nitrogens with zero attached hydrogens (tertiary/aromatic N) is 1. The molecule has 0 unspecified atom stereocenters. The highest BCUT2D eigenvalue weighted by Crippen LogP contribution is 2.27. The second kappa shape index (κ2) is 7.24. The zero-order valence-corrected chi connectivity index (χ0v) is 14.6. The number of hydrogen-bond acceptors (Lipinski definition) is 2. The van der Waals surface area contributed by atoms with E-state index in [0.29, 0.717) is 18.4 Å². The Labute approximate surface area is 130 Å². The summed E-state index contributed by atoms with van der Waals surface area (Å²) in [5.74, 6) is 0. The molecule has 0 aliphatic heterocycles. The van der Waals surface area contributed by atoms with E-state index in [1.807, 2.05) is 6.92 Å². The van der Waals surface area contributed by atoms with Crippen molar-refractivity contribution in [1.29, 1.82) is 0 Å². The molecular formula is C11H14Br2ClNO2S. The predicted molar refractivity (Wildman–Crippen MR) is 82.0 cm³/mol. The van der Waals surface area contributed by atoms with Crippen molar-refractivity contribution in [2.75, 3.05) is 18.4 Å². The lowest BCUT2D eigenvalue weighted by Crippen LogP contribution is -2.33. The summed E-state index contributed by atoms with van der Waals surface area (Å²) in [5, 5.41) is 0.834. The SMILES string of the molecule is CCCN(CCBr)S(=O)(=O)c1ccc(Br)cc1Cl. The van der Waals surface area contributed by atoms with E-state index in [1.54, 1.807) is 12.1 Å². The molecule has 0 N–H and O–H groups in total. The summed E-state index contributed by atoms with van der Waals surface area (Å²) < 4.78 is 27.1. The smallest absolute Gasteiger partial charge is 0.207 e. The van der Waals surface area contributed by atoms with Gasteiger partial charge in [-0.3, -0.25) is 0 Å². The average molecular weight is 420 g/mol. The van der Waals surface area contributed by atoms with Crippen LogP contribution in [0.3, 0.4) is 0 Å². The third kappa shape index (κ3) is 3.93. The van der Waals surface area contributed by atoms with Crippen LogP contribution >= 0.6 is 43.5 Å². The van der Waals surface area contributed by atoms with Crippen LogP contribution in [0.25, 0.3) is 0 Å². The monoisotopic (exact) mass is 417 g/mol. The number of rotatable bonds is 6. The van der Waals surface area contributed by atoms with Crippen LogP contribution < -0.4 is 0 Å². The fourth-order valence-corrected chi connectivity index (χ4v) is 4.73. The van der Waals surface area contributed by atoms with Gasteiger partial charge in [-0.1, -0.05) is 50.4 Å². The van der Waals surface area contributed by atoms with Gasteiger partial charge in [0.15, 0.2) is 0 Å². The van der Waals surface area contributed by atoms with Crippen LogP contribution in [0.2, 0.25) is 5.02 Å². The molecule has 0 saturated carbocycles. The van der Waals surface area contributed by atoms with Crippen LogP contribution in [0.15, 0.2) is 27.6 Å². The zero-order valence-electron chi connectivity index (χ0n) is 9.87. The van der Waals surface area contributed by atoms with Crippen molar-refractivity contribution in [2.24, 2.45) is 0 Å². The number of hydrogen-bond donors (Lipinski definition) is 0. The molecule has 0 bridgehead atoms. The van der Waals surface area contributed by atoms with Crippen molar-refractivity contribution in [1.82, 2.24) is 4.31 Å². The van der Waals surface area contributed by atoms with E-state index in [4.69, 9.17) is 11.6 Å². The van der Waals surface area contributed by atoms with Crippen LogP contribution in [0, 0.1) is 0 Å². The summed E-state index contributed by atoms with van der Waals surface area (Å²) >= 11 is 12.5. The first-order valence-electron chi connectivity index (χ1n) is 5.44. The van der Waals surface area contributed by atoms with Crippen molar-refractivity contribution < 1.29 is 8.42 Å². The molecule has 18 heavy (non-hydrogen) atoms. The van der Waals surface area contributed by atoms with Crippen molar-refractivity contribution >= 4 is 53.5 Å². The Morgan fingerprint density at radius 3 is 2.50 bits per heavy atom. The molecule has 0 radical (unpaired) electrons. The normalized spacial score (nSPS) is 12.1. The first-order chi connectivity index (χ1) is 8.43. The quantitative estimate of drug-likeness (QED) is 0.656. The second-order valence-corrected chi connectivity index (χ2v) is 7.69. The molecule has 0 spiro atoms. The Morgan fingerprint density at radius 1 is 1.33 bits per heavy atom. The number of benzene rings is 1. The fraction of sp³-hybridized carbons (Fsp3) is 0.455. The van der Waals surface area contributed by atoms with Gasteiger partial charge in [0, 0.05) is 22.9 Å². The van der Waals surface area contributed by atoms with Crippen molar-refractivity contribution in [2.45, 2.75) is 18.2 Å². The third-order valence-corrected chi connectivity index (χ3v) is 5.55. The molecule has 0 heterocycles. The zero-order chi connectivity index (χ0) is 13.8. The van der Waals surface area contributed by atoms with Crippen LogP contribution in [0.4, 0.5) is 0 Å². The maximum absolute atomic E-state index is 12.4. The molecule has 102 valence electrons. The van der Waals surface area contributed by atoms with Crippen LogP contribution in [-0.4, -0.2) is 31.1 Å². The molecule has 1 rings (SSSR count). The van der Waals surface area contributed by atoms with Crippen LogP contribution in [0.5, 0.6) is 0 Å². The van der Waals surface area contributed by atoms with Crippen LogP contribution in [0.1, 0.15) is 13.3 Å². The van der Waals surface area contributed by atoms with Crippen molar-refractivity contribution in [3.05, 3.63) is 27.7 Å². The van der Waals surface area contributed by atoms with E-state index in [9.17, 15) is 8.42 Å². The number of sulfonamides is 1. The molecule has 0 amide bonds. The number of halogens is 3. The Morgan fingerprint density at radius 2 is 2.00 bits per heavy atom. The standard InChI is InChI=1S/C11H14Br2ClNO2S/c1-2-6-15(7-5-12)18(16,17)11-4-3-9(13)8-10(11)14/h3-4,8H,2,5-7H2,1H3. The van der Waals surface area contributed by atoms with E-state index in [0.717, 1.165) is 10.9 Å². The first-order valence-corrected chi connectivity index (χ1v) is 9.18. The fourth-order valence-electron chi connectivity index (χ4n) is 1.52. The lowest BCUT2D eigenvalue weighted by Gasteiger charge is -2.21. The van der Waals surface area contributed by atoms with Crippen LogP contribution in [-0.2, 0) is 10.0 Å². The maximum atomic E-state index is 12.4. The summed E-state index contributed by atoms with van der Waals surface area (Å²) in [6.45, 7) is 2.86. The van der Waals surface area contributed by atoms with E-state index in [2.05, 4.69) is 31.9 Å². The van der Waals surface area contributed by atoms with Gasteiger partial charge in [-0.15, -0.1) is 0 Å². The summed E-state index contributed by atoms with van der Waals surface area (Å²) in [7, 11) is -3.52. The first kappa shape index (κ1) is 16.4. The minimum absolute atomic E-state index is 0.154. The summed E-state index contributed by atoms with van der Waals surface area (Å²) in [6.07, 6.45) is 0.764. The second-order valence-electron chi connectivity index (χ2n) is 3.67. The summed E-state index contributed by atoms with van der Waals surface area (Å²) in [5.41, 5.74) is 0. The van der Waals surface area contributed by atoms with Crippen molar-refractivity contribution in [3.8, 4) is 0 Å². The van der Waals surface area contributed by atoms with Gasteiger partial charge in [0.1, 0.15) is 4.90 Å². The molecule has 7 heteroatoms. The maximum Gasteiger partial charge on any atom is 0.244 e. The largest absolute Gasteiger partial charge is 0.244 e. The average Bonchev–Trinajstić information content (AvgIpc) is 2.28. The molecule has 0 aromatic heterocycles. The predicted octanol–water partition coefficient (Wildman–Crippen LogP) is 3.90. The molecule has 0 saturated heterocycles. The highest BCUT2D eigenvalue weighted by atomic mass is 79.9. The molecular weight excluding hydrogens is 405 g/mol. The Kier molecular flexibility index (Phi) is 6.61. The Balaban J connectivity index is 3.17. The highest BCUT2D eigenvalue weighted by molar-refractivity contribution is 9.10. The van der Waals surface area contributed by atoms with E-state index >= 15 is 0 Å². The van der Waals surface area contributed by atoms with E-state index in [-0.39, 0.29) is 9.92 Å². The lowest BCUT2D eigenvalue weighted by atomic mass is 10.4. The molecule has 0 aliphatic carbocycles. The Hall–Kier alpha value is 0.380. The summed E-state index contributed by atoms with van der Waals surface area (Å²) in [4.78, 5) is 0.154. The van der Waals surface area contributed by atoms with Crippen molar-refractivity contribution in [3.63, 3.8) is 0 Å². The third-order valence-electron chi connectivity index (χ3n) is 2.32. The molecule has 1 aromatic carbocycles. The lowest BCUT2D eigenvalue weighted by molar-refractivity contribution is 0.430.